The molecule has 0 aliphatic heterocycles. The van der Waals surface area contributed by atoms with Gasteiger partial charge in [0.25, 0.3) is 0 Å². The van der Waals surface area contributed by atoms with Crippen LogP contribution in [0.1, 0.15) is 16.1 Å². The number of esters is 1. The third kappa shape index (κ3) is 2.73. The molecule has 2 rings (SSSR count). The highest BCUT2D eigenvalue weighted by Crippen LogP contribution is 2.36. The third-order valence-electron chi connectivity index (χ3n) is 2.52. The number of para-hydroxylation sites is 1. The summed E-state index contributed by atoms with van der Waals surface area (Å²) in [5.41, 5.74) is 4.29. The van der Waals surface area contributed by atoms with Crippen molar-refractivity contribution in [1.82, 2.24) is 9.78 Å². The van der Waals surface area contributed by atoms with E-state index >= 15 is 0 Å². The van der Waals surface area contributed by atoms with Crippen LogP contribution >= 0.6 is 0 Å². The van der Waals surface area contributed by atoms with Crippen molar-refractivity contribution in [3.8, 4) is 5.75 Å². The number of nitrogen functional groups attached to an aromatic ring is 1. The summed E-state index contributed by atoms with van der Waals surface area (Å²) in [6.45, 7) is 0. The summed E-state index contributed by atoms with van der Waals surface area (Å²) in [6.07, 6.45) is -4.61. The average Bonchev–Trinajstić information content (AvgIpc) is 2.69. The molecule has 0 fully saturated rings. The molecule has 1 aromatic carbocycles. The SMILES string of the molecule is Cn1nc(C(=O)Oc2ccccc2C(F)(F)F)cc1N. The fourth-order valence-corrected chi connectivity index (χ4v) is 1.52. The lowest BCUT2D eigenvalue weighted by atomic mass is 10.2. The number of carbonyl (C=O) groups excluding carboxylic acids is 1. The van der Waals surface area contributed by atoms with Crippen molar-refractivity contribution in [1.29, 1.82) is 0 Å². The van der Waals surface area contributed by atoms with Gasteiger partial charge in [0.2, 0.25) is 0 Å². The summed E-state index contributed by atoms with van der Waals surface area (Å²) in [5.74, 6) is -1.38. The zero-order valence-electron chi connectivity index (χ0n) is 10.3. The number of ether oxygens (including phenoxy) is 1. The minimum Gasteiger partial charge on any atom is -0.421 e. The number of nitrogens with zero attached hydrogens (tertiary/aromatic N) is 2. The molecule has 0 aliphatic rings. The number of benzene rings is 1. The van der Waals surface area contributed by atoms with Crippen molar-refractivity contribution in [2.75, 3.05) is 5.73 Å². The van der Waals surface area contributed by atoms with Gasteiger partial charge in [-0.25, -0.2) is 4.79 Å². The van der Waals surface area contributed by atoms with Crippen molar-refractivity contribution in [3.63, 3.8) is 0 Å². The Morgan fingerprint density at radius 1 is 1.35 bits per heavy atom. The standard InChI is InChI=1S/C12H10F3N3O2/c1-18-10(16)6-8(17-18)11(19)20-9-5-3-2-4-7(9)12(13,14)15/h2-6H,16H2,1H3. The second-order valence-electron chi connectivity index (χ2n) is 3.96. The van der Waals surface area contributed by atoms with Crippen molar-refractivity contribution in [3.05, 3.63) is 41.6 Å². The average molecular weight is 285 g/mol. The maximum Gasteiger partial charge on any atom is 0.419 e. The van der Waals surface area contributed by atoms with Crippen molar-refractivity contribution >= 4 is 11.8 Å². The molecule has 0 amide bonds. The number of aromatic nitrogens is 2. The lowest BCUT2D eigenvalue weighted by molar-refractivity contribution is -0.138. The summed E-state index contributed by atoms with van der Waals surface area (Å²) in [5, 5.41) is 3.73. The van der Waals surface area contributed by atoms with E-state index in [9.17, 15) is 18.0 Å². The minimum absolute atomic E-state index is 0.165. The predicted molar refractivity (Wildman–Crippen MR) is 64.0 cm³/mol. The zero-order chi connectivity index (χ0) is 14.9. The summed E-state index contributed by atoms with van der Waals surface area (Å²) in [6, 6.07) is 5.66. The Balaban J connectivity index is 2.29. The molecule has 2 aromatic rings. The third-order valence-corrected chi connectivity index (χ3v) is 2.52. The number of carbonyl (C=O) groups is 1. The number of hydrogen-bond acceptors (Lipinski definition) is 4. The van der Waals surface area contributed by atoms with E-state index in [1.807, 2.05) is 0 Å². The molecule has 0 bridgehead atoms. The first-order valence-electron chi connectivity index (χ1n) is 5.47. The smallest absolute Gasteiger partial charge is 0.419 e. The molecular weight excluding hydrogens is 275 g/mol. The Kier molecular flexibility index (Phi) is 3.39. The summed E-state index contributed by atoms with van der Waals surface area (Å²) < 4.78 is 44.2. The van der Waals surface area contributed by atoms with Gasteiger partial charge in [0, 0.05) is 13.1 Å². The van der Waals surface area contributed by atoms with Gasteiger partial charge in [-0.2, -0.15) is 18.3 Å². The fourth-order valence-electron chi connectivity index (χ4n) is 1.52. The monoisotopic (exact) mass is 285 g/mol. The van der Waals surface area contributed by atoms with Crippen LogP contribution in [0.3, 0.4) is 0 Å². The van der Waals surface area contributed by atoms with Gasteiger partial charge in [-0.05, 0) is 12.1 Å². The number of halogens is 3. The van der Waals surface area contributed by atoms with Crippen LogP contribution in [0.5, 0.6) is 5.75 Å². The Labute approximate surface area is 111 Å². The number of alkyl halides is 3. The molecule has 20 heavy (non-hydrogen) atoms. The first-order valence-corrected chi connectivity index (χ1v) is 5.47. The Morgan fingerprint density at radius 3 is 2.55 bits per heavy atom. The number of rotatable bonds is 2. The van der Waals surface area contributed by atoms with Crippen LogP contribution in [-0.4, -0.2) is 15.7 Å². The lowest BCUT2D eigenvalue weighted by Crippen LogP contribution is -2.14. The van der Waals surface area contributed by atoms with Crippen molar-refractivity contribution in [2.24, 2.45) is 7.05 Å². The molecule has 5 nitrogen and oxygen atoms in total. The molecule has 0 unspecified atom stereocenters. The van der Waals surface area contributed by atoms with Crippen molar-refractivity contribution in [2.45, 2.75) is 6.18 Å². The van der Waals surface area contributed by atoms with E-state index in [2.05, 4.69) is 5.10 Å². The van der Waals surface area contributed by atoms with Gasteiger partial charge in [-0.3, -0.25) is 4.68 Å². The molecule has 1 aromatic heterocycles. The largest absolute Gasteiger partial charge is 0.421 e. The lowest BCUT2D eigenvalue weighted by Gasteiger charge is -2.11. The Bertz CT molecular complexity index is 630. The second kappa shape index (κ2) is 4.87. The van der Waals surface area contributed by atoms with Crippen LogP contribution in [-0.2, 0) is 13.2 Å². The van der Waals surface area contributed by atoms with E-state index in [4.69, 9.17) is 10.5 Å². The van der Waals surface area contributed by atoms with Crippen LogP contribution in [0.2, 0.25) is 0 Å². The molecule has 0 saturated carbocycles. The maximum atomic E-state index is 12.7. The van der Waals surface area contributed by atoms with Crippen molar-refractivity contribution < 1.29 is 22.7 Å². The minimum atomic E-state index is -4.61. The van der Waals surface area contributed by atoms with Gasteiger partial charge in [0.1, 0.15) is 11.6 Å². The van der Waals surface area contributed by atoms with Gasteiger partial charge in [-0.15, -0.1) is 0 Å². The van der Waals surface area contributed by atoms with Gasteiger partial charge >= 0.3 is 12.1 Å². The molecule has 0 radical (unpaired) electrons. The number of hydrogen-bond donors (Lipinski definition) is 1. The summed E-state index contributed by atoms with van der Waals surface area (Å²) in [4.78, 5) is 11.7. The van der Waals surface area contributed by atoms with E-state index in [-0.39, 0.29) is 11.5 Å². The summed E-state index contributed by atoms with van der Waals surface area (Å²) in [7, 11) is 1.50. The zero-order valence-corrected chi connectivity index (χ0v) is 10.3. The number of aryl methyl sites for hydroxylation is 1. The highest BCUT2D eigenvalue weighted by Gasteiger charge is 2.34. The molecule has 0 spiro atoms. The fraction of sp³-hybridized carbons (Fsp3) is 0.167. The number of anilines is 1. The van der Waals surface area contributed by atoms with E-state index < -0.39 is 23.5 Å². The van der Waals surface area contributed by atoms with Crippen LogP contribution in [0, 0.1) is 0 Å². The van der Waals surface area contributed by atoms with Crippen LogP contribution in [0.25, 0.3) is 0 Å². The van der Waals surface area contributed by atoms with E-state index in [0.717, 1.165) is 12.1 Å². The van der Waals surface area contributed by atoms with E-state index in [1.165, 1.54) is 29.9 Å². The van der Waals surface area contributed by atoms with Gasteiger partial charge in [0.15, 0.2) is 5.69 Å². The highest BCUT2D eigenvalue weighted by atomic mass is 19.4. The first kappa shape index (κ1) is 13.9. The van der Waals surface area contributed by atoms with Crippen LogP contribution in [0.15, 0.2) is 30.3 Å². The molecule has 1 heterocycles. The Hall–Kier alpha value is -2.51. The molecule has 0 saturated heterocycles. The van der Waals surface area contributed by atoms with Gasteiger partial charge in [-0.1, -0.05) is 12.1 Å². The molecule has 2 N–H and O–H groups in total. The predicted octanol–water partition coefficient (Wildman–Crippen LogP) is 2.24. The Morgan fingerprint density at radius 2 is 2.00 bits per heavy atom. The van der Waals surface area contributed by atoms with Crippen LogP contribution in [0.4, 0.5) is 19.0 Å². The van der Waals surface area contributed by atoms with Gasteiger partial charge < -0.3 is 10.5 Å². The molecule has 8 heteroatoms. The highest BCUT2D eigenvalue weighted by molar-refractivity contribution is 5.90. The quantitative estimate of drug-likeness (QED) is 0.678. The molecule has 106 valence electrons. The van der Waals surface area contributed by atoms with Crippen LogP contribution < -0.4 is 10.5 Å². The number of nitrogens with two attached hydrogens (primary N) is 1. The van der Waals surface area contributed by atoms with Gasteiger partial charge in [0.05, 0.1) is 5.56 Å². The normalized spacial score (nSPS) is 11.4. The van der Waals surface area contributed by atoms with E-state index in [0.29, 0.717) is 0 Å². The van der Waals surface area contributed by atoms with E-state index in [1.54, 1.807) is 0 Å². The maximum absolute atomic E-state index is 12.7. The molecular formula is C12H10F3N3O2. The topological polar surface area (TPSA) is 70.1 Å². The second-order valence-corrected chi connectivity index (χ2v) is 3.96. The molecule has 0 atom stereocenters. The first-order chi connectivity index (χ1) is 9.29. The molecule has 0 aliphatic carbocycles. The summed E-state index contributed by atoms with van der Waals surface area (Å²) >= 11 is 0.